The van der Waals surface area contributed by atoms with Crippen molar-refractivity contribution < 1.29 is 24.2 Å². The first kappa shape index (κ1) is 18.7. The third-order valence-corrected chi connectivity index (χ3v) is 3.31. The number of hydrogen-bond acceptors (Lipinski definition) is 5. The highest BCUT2D eigenvalue weighted by Gasteiger charge is 2.39. The molecule has 0 heterocycles. The van der Waals surface area contributed by atoms with Gasteiger partial charge in [0.1, 0.15) is 11.2 Å². The summed E-state index contributed by atoms with van der Waals surface area (Å²) in [5.74, 6) is -0.768. The summed E-state index contributed by atoms with van der Waals surface area (Å²) in [6, 6.07) is 0. The Kier molecular flexibility index (Phi) is 5.84. The van der Waals surface area contributed by atoms with E-state index in [0.717, 1.165) is 0 Å². The van der Waals surface area contributed by atoms with Gasteiger partial charge in [-0.2, -0.15) is 0 Å². The second-order valence-corrected chi connectivity index (χ2v) is 7.91. The van der Waals surface area contributed by atoms with Crippen molar-refractivity contribution >= 4 is 12.1 Å². The Labute approximate surface area is 132 Å². The number of carbonyl (C=O) groups excluding carboxylic acids is 2. The van der Waals surface area contributed by atoms with Crippen LogP contribution in [-0.4, -0.2) is 41.0 Å². The number of alkyl carbamates (subject to hydrolysis) is 1. The first-order valence-electron chi connectivity index (χ1n) is 7.75. The lowest BCUT2D eigenvalue weighted by atomic mass is 10.0. The molecule has 0 bridgehead atoms. The van der Waals surface area contributed by atoms with Crippen LogP contribution in [-0.2, 0) is 14.3 Å². The van der Waals surface area contributed by atoms with Gasteiger partial charge < -0.3 is 19.9 Å². The van der Waals surface area contributed by atoms with Crippen LogP contribution in [0.3, 0.4) is 0 Å². The molecule has 6 heteroatoms. The van der Waals surface area contributed by atoms with E-state index in [4.69, 9.17) is 9.47 Å². The summed E-state index contributed by atoms with van der Waals surface area (Å²) in [7, 11) is 0. The van der Waals surface area contributed by atoms with Gasteiger partial charge in [-0.3, -0.25) is 4.79 Å². The number of amides is 1. The van der Waals surface area contributed by atoms with Crippen LogP contribution in [0.1, 0.15) is 54.4 Å². The van der Waals surface area contributed by atoms with Gasteiger partial charge in [0.05, 0.1) is 12.0 Å². The predicted molar refractivity (Wildman–Crippen MR) is 82.3 cm³/mol. The molecule has 0 spiro atoms. The highest BCUT2D eigenvalue weighted by Crippen LogP contribution is 2.32. The van der Waals surface area contributed by atoms with Crippen LogP contribution in [0.15, 0.2) is 0 Å². The van der Waals surface area contributed by atoms with E-state index in [1.165, 1.54) is 0 Å². The summed E-state index contributed by atoms with van der Waals surface area (Å²) in [5, 5.41) is 12.7. The number of ether oxygens (including phenoxy) is 2. The van der Waals surface area contributed by atoms with Crippen LogP contribution < -0.4 is 5.32 Å². The van der Waals surface area contributed by atoms with Crippen LogP contribution >= 0.6 is 0 Å². The molecule has 6 nitrogen and oxygen atoms in total. The van der Waals surface area contributed by atoms with Crippen molar-refractivity contribution in [1.29, 1.82) is 0 Å². The van der Waals surface area contributed by atoms with Crippen molar-refractivity contribution in [3.63, 3.8) is 0 Å². The van der Waals surface area contributed by atoms with Gasteiger partial charge in [-0.1, -0.05) is 0 Å². The van der Waals surface area contributed by atoms with Crippen molar-refractivity contribution in [2.75, 3.05) is 6.54 Å². The Morgan fingerprint density at radius 1 is 1.05 bits per heavy atom. The first-order chi connectivity index (χ1) is 9.87. The zero-order valence-corrected chi connectivity index (χ0v) is 14.4. The van der Waals surface area contributed by atoms with Crippen LogP contribution in [0.5, 0.6) is 0 Å². The number of carbonyl (C=O) groups is 2. The normalized spacial score (nSPS) is 25.7. The lowest BCUT2D eigenvalue weighted by Gasteiger charge is -2.22. The minimum absolute atomic E-state index is 0.162. The Morgan fingerprint density at radius 3 is 2.09 bits per heavy atom. The molecule has 3 atom stereocenters. The van der Waals surface area contributed by atoms with E-state index >= 15 is 0 Å². The van der Waals surface area contributed by atoms with E-state index < -0.39 is 23.4 Å². The number of aliphatic hydroxyl groups excluding tert-OH is 1. The fraction of sp³-hybridized carbons (Fsp3) is 0.875. The van der Waals surface area contributed by atoms with Crippen molar-refractivity contribution in [2.24, 2.45) is 11.8 Å². The van der Waals surface area contributed by atoms with Crippen molar-refractivity contribution in [2.45, 2.75) is 71.7 Å². The Morgan fingerprint density at radius 2 is 1.59 bits per heavy atom. The number of hydrogen-bond donors (Lipinski definition) is 2. The van der Waals surface area contributed by atoms with Crippen molar-refractivity contribution in [3.8, 4) is 0 Å². The molecular formula is C16H29NO5. The Balaban J connectivity index is 2.44. The number of nitrogens with one attached hydrogen (secondary N) is 1. The minimum Gasteiger partial charge on any atom is -0.460 e. The summed E-state index contributed by atoms with van der Waals surface area (Å²) in [4.78, 5) is 23.7. The highest BCUT2D eigenvalue weighted by atomic mass is 16.6. The molecule has 1 saturated carbocycles. The average molecular weight is 315 g/mol. The summed E-state index contributed by atoms with van der Waals surface area (Å²) < 4.78 is 10.5. The molecule has 1 fully saturated rings. The van der Waals surface area contributed by atoms with Gasteiger partial charge in [0, 0.05) is 12.5 Å². The van der Waals surface area contributed by atoms with Crippen LogP contribution in [0.4, 0.5) is 4.79 Å². The third-order valence-electron chi connectivity index (χ3n) is 3.31. The molecule has 1 amide bonds. The summed E-state index contributed by atoms with van der Waals surface area (Å²) in [6.07, 6.45) is -0.255. The largest absolute Gasteiger partial charge is 0.460 e. The third kappa shape index (κ3) is 6.64. The lowest BCUT2D eigenvalue weighted by Crippen LogP contribution is -2.36. The van der Waals surface area contributed by atoms with E-state index in [1.54, 1.807) is 20.8 Å². The zero-order chi connectivity index (χ0) is 17.1. The van der Waals surface area contributed by atoms with E-state index in [2.05, 4.69) is 5.32 Å². The second kappa shape index (κ2) is 6.86. The molecule has 0 saturated heterocycles. The fourth-order valence-electron chi connectivity index (χ4n) is 2.43. The number of rotatable bonds is 3. The van der Waals surface area contributed by atoms with Gasteiger partial charge in [0.15, 0.2) is 0 Å². The molecule has 0 aliphatic heterocycles. The SMILES string of the molecule is CC(C)(C)OC(=O)NC[C@@H]1C[C@@H](C(=O)OC(C)(C)C)C[C@@H]1O. The predicted octanol–water partition coefficient (Wildman–Crippen LogP) is 2.24. The van der Waals surface area contributed by atoms with Crippen molar-refractivity contribution in [3.05, 3.63) is 0 Å². The summed E-state index contributed by atoms with van der Waals surface area (Å²) in [5.41, 5.74) is -1.09. The molecule has 2 N–H and O–H groups in total. The van der Waals surface area contributed by atoms with E-state index in [9.17, 15) is 14.7 Å². The molecule has 0 unspecified atom stereocenters. The maximum Gasteiger partial charge on any atom is 0.407 e. The van der Waals surface area contributed by atoms with Gasteiger partial charge in [-0.15, -0.1) is 0 Å². The Bertz CT molecular complexity index is 408. The number of esters is 1. The number of aliphatic hydroxyl groups is 1. The molecule has 0 radical (unpaired) electrons. The van der Waals surface area contributed by atoms with Crippen molar-refractivity contribution in [1.82, 2.24) is 5.32 Å². The quantitative estimate of drug-likeness (QED) is 0.780. The summed E-state index contributed by atoms with van der Waals surface area (Å²) in [6.45, 7) is 11.1. The maximum absolute atomic E-state index is 12.0. The first-order valence-corrected chi connectivity index (χ1v) is 7.75. The van der Waals surface area contributed by atoms with Crippen LogP contribution in [0.25, 0.3) is 0 Å². The van der Waals surface area contributed by atoms with Gasteiger partial charge in [-0.05, 0) is 54.4 Å². The standard InChI is InChI=1S/C16H29NO5/c1-15(2,3)21-13(19)10-7-11(12(18)8-10)9-17-14(20)22-16(4,5)6/h10-12,18H,7-9H2,1-6H3,(H,17,20)/t10-,11+,12+/m1/s1. The van der Waals surface area contributed by atoms with Crippen LogP contribution in [0, 0.1) is 11.8 Å². The molecule has 22 heavy (non-hydrogen) atoms. The highest BCUT2D eigenvalue weighted by molar-refractivity contribution is 5.73. The molecule has 1 aliphatic carbocycles. The maximum atomic E-state index is 12.0. The molecule has 128 valence electrons. The monoisotopic (exact) mass is 315 g/mol. The van der Waals surface area contributed by atoms with Gasteiger partial charge in [0.2, 0.25) is 0 Å². The lowest BCUT2D eigenvalue weighted by molar-refractivity contribution is -0.160. The van der Waals surface area contributed by atoms with E-state index in [0.29, 0.717) is 12.8 Å². The Hall–Kier alpha value is -1.30. The van der Waals surface area contributed by atoms with Crippen LogP contribution in [0.2, 0.25) is 0 Å². The zero-order valence-electron chi connectivity index (χ0n) is 14.4. The molecule has 0 aromatic rings. The molecule has 1 aliphatic rings. The van der Waals surface area contributed by atoms with Gasteiger partial charge >= 0.3 is 12.1 Å². The van der Waals surface area contributed by atoms with E-state index in [-0.39, 0.29) is 24.3 Å². The topological polar surface area (TPSA) is 84.9 Å². The van der Waals surface area contributed by atoms with Gasteiger partial charge in [0.25, 0.3) is 0 Å². The van der Waals surface area contributed by atoms with Gasteiger partial charge in [-0.25, -0.2) is 4.79 Å². The fourth-order valence-corrected chi connectivity index (χ4v) is 2.43. The molecule has 1 rings (SSSR count). The minimum atomic E-state index is -0.618. The molecule has 0 aromatic carbocycles. The second-order valence-electron chi connectivity index (χ2n) is 7.91. The molecular weight excluding hydrogens is 286 g/mol. The summed E-state index contributed by atoms with van der Waals surface area (Å²) >= 11 is 0. The average Bonchev–Trinajstić information content (AvgIpc) is 2.63. The smallest absolute Gasteiger partial charge is 0.407 e. The molecule has 0 aromatic heterocycles. The van der Waals surface area contributed by atoms with E-state index in [1.807, 2.05) is 20.8 Å².